The molecule has 3 N–H and O–H groups in total. The van der Waals surface area contributed by atoms with Gasteiger partial charge in [-0.2, -0.15) is 0 Å². The molecule has 8 heteroatoms. The van der Waals surface area contributed by atoms with Crippen LogP contribution in [-0.4, -0.2) is 30.8 Å². The Hall–Kier alpha value is -2.97. The lowest BCUT2D eigenvalue weighted by molar-refractivity contribution is 0.171. The van der Waals surface area contributed by atoms with Gasteiger partial charge in [-0.05, 0) is 5.56 Å². The van der Waals surface area contributed by atoms with E-state index in [1.807, 2.05) is 30.3 Å². The number of fused-ring (bicyclic) bond motifs is 1. The van der Waals surface area contributed by atoms with Crippen LogP contribution in [0.1, 0.15) is 17.5 Å². The molecule has 0 fully saturated rings. The highest BCUT2D eigenvalue weighted by Gasteiger charge is 2.15. The van der Waals surface area contributed by atoms with Crippen molar-refractivity contribution in [3.8, 4) is 0 Å². The quantitative estimate of drug-likeness (QED) is 0.533. The van der Waals surface area contributed by atoms with Crippen LogP contribution in [0.15, 0.2) is 52.6 Å². The molecule has 0 aliphatic heterocycles. The summed E-state index contributed by atoms with van der Waals surface area (Å²) in [5.41, 5.74) is 0.450. The van der Waals surface area contributed by atoms with E-state index in [1.54, 1.807) is 6.08 Å². The Morgan fingerprint density at radius 3 is 2.77 bits per heavy atom. The van der Waals surface area contributed by atoms with E-state index < -0.39 is 17.4 Å². The van der Waals surface area contributed by atoms with Gasteiger partial charge < -0.3 is 10.1 Å². The Balaban J connectivity index is 1.86. The highest BCUT2D eigenvalue weighted by molar-refractivity contribution is 5.69. The Bertz CT molecular complexity index is 1030. The van der Waals surface area contributed by atoms with Gasteiger partial charge >= 0.3 is 5.69 Å². The Morgan fingerprint density at radius 2 is 2.08 bits per heavy atom. The van der Waals surface area contributed by atoms with Gasteiger partial charge in [0.15, 0.2) is 5.65 Å². The first-order valence-electron chi connectivity index (χ1n) is 8.26. The van der Waals surface area contributed by atoms with Crippen LogP contribution in [-0.2, 0) is 20.1 Å². The zero-order valence-corrected chi connectivity index (χ0v) is 14.5. The summed E-state index contributed by atoms with van der Waals surface area (Å²) in [5.74, 6) is 0.566. The van der Waals surface area contributed by atoms with E-state index in [9.17, 15) is 14.7 Å². The maximum atomic E-state index is 12.5. The average molecular weight is 355 g/mol. The van der Waals surface area contributed by atoms with E-state index in [0.717, 1.165) is 10.1 Å². The minimum absolute atomic E-state index is 0.117. The standard InChI is InChI=1S/C18H21N5O3/c1-3-7-14-20-15-16(21-14)23(18(26)22(2)17(15)25)11-19-10-13(24)12-8-5-4-6-9-12/h3-6,8-9,13,19,24H,1,7,10-11H2,2H3,(H,20,21). The second-order valence-corrected chi connectivity index (χ2v) is 5.99. The fourth-order valence-corrected chi connectivity index (χ4v) is 2.76. The number of benzene rings is 1. The van der Waals surface area contributed by atoms with Crippen LogP contribution in [0.4, 0.5) is 0 Å². The lowest BCUT2D eigenvalue weighted by Crippen LogP contribution is -2.41. The smallest absolute Gasteiger partial charge is 0.333 e. The van der Waals surface area contributed by atoms with Crippen molar-refractivity contribution >= 4 is 11.2 Å². The van der Waals surface area contributed by atoms with Gasteiger partial charge in [-0.25, -0.2) is 9.78 Å². The van der Waals surface area contributed by atoms with Crippen molar-refractivity contribution in [3.63, 3.8) is 0 Å². The molecule has 1 atom stereocenters. The normalized spacial score (nSPS) is 12.4. The highest BCUT2D eigenvalue weighted by Crippen LogP contribution is 2.11. The molecule has 26 heavy (non-hydrogen) atoms. The number of imidazole rings is 1. The van der Waals surface area contributed by atoms with Gasteiger partial charge in [-0.3, -0.25) is 19.2 Å². The number of nitrogens with zero attached hydrogens (tertiary/aromatic N) is 3. The first-order chi connectivity index (χ1) is 12.5. The van der Waals surface area contributed by atoms with Gasteiger partial charge in [0.2, 0.25) is 0 Å². The molecule has 0 aliphatic rings. The Kier molecular flexibility index (Phi) is 5.15. The number of rotatable bonds is 7. The van der Waals surface area contributed by atoms with Crippen molar-refractivity contribution in [1.29, 1.82) is 0 Å². The molecule has 0 radical (unpaired) electrons. The van der Waals surface area contributed by atoms with Crippen LogP contribution in [0.2, 0.25) is 0 Å². The molecule has 1 unspecified atom stereocenters. The van der Waals surface area contributed by atoms with Crippen LogP contribution in [0, 0.1) is 0 Å². The van der Waals surface area contributed by atoms with E-state index in [4.69, 9.17) is 0 Å². The van der Waals surface area contributed by atoms with Crippen LogP contribution >= 0.6 is 0 Å². The molecule has 1 aromatic carbocycles. The lowest BCUT2D eigenvalue weighted by Gasteiger charge is -2.14. The number of H-pyrrole nitrogens is 1. The summed E-state index contributed by atoms with van der Waals surface area (Å²) in [6, 6.07) is 9.24. The number of aliphatic hydroxyl groups excluding tert-OH is 1. The van der Waals surface area contributed by atoms with E-state index >= 15 is 0 Å². The zero-order valence-electron chi connectivity index (χ0n) is 14.5. The van der Waals surface area contributed by atoms with Crippen LogP contribution in [0.5, 0.6) is 0 Å². The topological polar surface area (TPSA) is 105 Å². The SMILES string of the molecule is C=CCc1nc2c([nH]1)c(=O)n(C)c(=O)n2CNCC(O)c1ccccc1. The maximum Gasteiger partial charge on any atom is 0.333 e. The van der Waals surface area contributed by atoms with Gasteiger partial charge in [0.1, 0.15) is 11.3 Å². The van der Waals surface area contributed by atoms with Crippen molar-refractivity contribution in [1.82, 2.24) is 24.4 Å². The fourth-order valence-electron chi connectivity index (χ4n) is 2.76. The summed E-state index contributed by atoms with van der Waals surface area (Å²) in [7, 11) is 1.42. The molecule has 0 aliphatic carbocycles. The summed E-state index contributed by atoms with van der Waals surface area (Å²) < 4.78 is 2.41. The van der Waals surface area contributed by atoms with E-state index in [0.29, 0.717) is 12.2 Å². The van der Waals surface area contributed by atoms with Crippen LogP contribution in [0.3, 0.4) is 0 Å². The minimum Gasteiger partial charge on any atom is -0.387 e. The Labute approximate surface area is 149 Å². The molecule has 2 aromatic heterocycles. The molecule has 0 amide bonds. The molecule has 0 saturated carbocycles. The van der Waals surface area contributed by atoms with Crippen molar-refractivity contribution in [2.45, 2.75) is 19.2 Å². The molecule has 8 nitrogen and oxygen atoms in total. The Morgan fingerprint density at radius 1 is 1.35 bits per heavy atom. The third-order valence-corrected chi connectivity index (χ3v) is 4.16. The van der Waals surface area contributed by atoms with Crippen molar-refractivity contribution in [2.24, 2.45) is 7.05 Å². The van der Waals surface area contributed by atoms with Crippen molar-refractivity contribution < 1.29 is 5.11 Å². The van der Waals surface area contributed by atoms with E-state index in [1.165, 1.54) is 11.6 Å². The third-order valence-electron chi connectivity index (χ3n) is 4.16. The van der Waals surface area contributed by atoms with Gasteiger partial charge in [-0.15, -0.1) is 6.58 Å². The maximum absolute atomic E-state index is 12.5. The number of aromatic nitrogens is 4. The number of hydrogen-bond donors (Lipinski definition) is 3. The monoisotopic (exact) mass is 355 g/mol. The number of aromatic amines is 1. The lowest BCUT2D eigenvalue weighted by atomic mass is 10.1. The molecule has 3 rings (SSSR count). The van der Waals surface area contributed by atoms with Crippen molar-refractivity contribution in [2.75, 3.05) is 6.54 Å². The molecular weight excluding hydrogens is 334 g/mol. The molecule has 136 valence electrons. The second kappa shape index (κ2) is 7.51. The van der Waals surface area contributed by atoms with Gasteiger partial charge in [0.25, 0.3) is 5.56 Å². The largest absolute Gasteiger partial charge is 0.387 e. The predicted octanol–water partition coefficient (Wildman–Crippen LogP) is 0.432. The first kappa shape index (κ1) is 17.8. The first-order valence-corrected chi connectivity index (χ1v) is 8.26. The van der Waals surface area contributed by atoms with Crippen LogP contribution in [0.25, 0.3) is 11.2 Å². The zero-order chi connectivity index (χ0) is 18.7. The third kappa shape index (κ3) is 3.37. The number of allylic oxidation sites excluding steroid dienone is 1. The van der Waals surface area contributed by atoms with Gasteiger partial charge in [0.05, 0.1) is 12.8 Å². The fraction of sp³-hybridized carbons (Fsp3) is 0.278. The molecule has 2 heterocycles. The van der Waals surface area contributed by atoms with E-state index in [-0.39, 0.29) is 24.4 Å². The molecule has 3 aromatic rings. The van der Waals surface area contributed by atoms with E-state index in [2.05, 4.69) is 21.9 Å². The number of aliphatic hydroxyl groups is 1. The highest BCUT2D eigenvalue weighted by atomic mass is 16.3. The number of nitrogens with one attached hydrogen (secondary N) is 2. The minimum atomic E-state index is -0.703. The predicted molar refractivity (Wildman–Crippen MR) is 98.9 cm³/mol. The average Bonchev–Trinajstić information content (AvgIpc) is 3.07. The van der Waals surface area contributed by atoms with Gasteiger partial charge in [0, 0.05) is 20.0 Å². The molecule has 0 saturated heterocycles. The summed E-state index contributed by atoms with van der Waals surface area (Å²) >= 11 is 0. The summed E-state index contributed by atoms with van der Waals surface area (Å²) in [6.45, 7) is 4.02. The molecule has 0 bridgehead atoms. The second-order valence-electron chi connectivity index (χ2n) is 5.99. The summed E-state index contributed by atoms with van der Waals surface area (Å²) in [5, 5.41) is 13.3. The van der Waals surface area contributed by atoms with Crippen LogP contribution < -0.4 is 16.6 Å². The van der Waals surface area contributed by atoms with Crippen molar-refractivity contribution in [3.05, 3.63) is 75.2 Å². The summed E-state index contributed by atoms with van der Waals surface area (Å²) in [6.07, 6.45) is 1.43. The number of hydrogen-bond acceptors (Lipinski definition) is 5. The summed E-state index contributed by atoms with van der Waals surface area (Å²) in [4.78, 5) is 32.0. The molecular formula is C18H21N5O3. The van der Waals surface area contributed by atoms with Gasteiger partial charge in [-0.1, -0.05) is 36.4 Å². The molecule has 0 spiro atoms.